The van der Waals surface area contributed by atoms with Crippen molar-refractivity contribution in [3.8, 4) is 17.1 Å². The van der Waals surface area contributed by atoms with Gasteiger partial charge in [-0.25, -0.2) is 15.1 Å². The van der Waals surface area contributed by atoms with Crippen LogP contribution in [0.4, 0.5) is 0 Å². The molecule has 4 rings (SSSR count). The van der Waals surface area contributed by atoms with Crippen molar-refractivity contribution in [2.75, 3.05) is 0 Å². The summed E-state index contributed by atoms with van der Waals surface area (Å²) in [5.41, 5.74) is 5.65. The summed E-state index contributed by atoms with van der Waals surface area (Å²) in [7, 11) is 0. The van der Waals surface area contributed by atoms with E-state index in [1.54, 1.807) is 24.0 Å². The summed E-state index contributed by atoms with van der Waals surface area (Å²) in [4.78, 5) is 21.2. The molecule has 4 aromatic rings. The highest BCUT2D eigenvalue weighted by molar-refractivity contribution is 6.00. The van der Waals surface area contributed by atoms with Crippen LogP contribution in [-0.4, -0.2) is 31.4 Å². The molecule has 0 bridgehead atoms. The van der Waals surface area contributed by atoms with Crippen LogP contribution < -0.4 is 5.43 Å². The number of carbonyl (C=O) groups excluding carboxylic acids is 1. The normalized spacial score (nSPS) is 11.3. The summed E-state index contributed by atoms with van der Waals surface area (Å²) in [5.74, 6) is 0.130. The fourth-order valence-corrected chi connectivity index (χ4v) is 2.76. The molecule has 0 unspecified atom stereocenters. The lowest BCUT2D eigenvalue weighted by atomic mass is 10.2. The average Bonchev–Trinajstić information content (AvgIpc) is 3.25. The summed E-state index contributed by atoms with van der Waals surface area (Å²) >= 11 is 0. The van der Waals surface area contributed by atoms with Crippen molar-refractivity contribution in [3.05, 3.63) is 96.6 Å². The number of nitrogens with one attached hydrogen (secondary N) is 1. The molecule has 0 aliphatic rings. The first-order chi connectivity index (χ1) is 14.2. The number of carbonyl (C=O) groups is 1. The Morgan fingerprint density at radius 2 is 1.69 bits per heavy atom. The number of hydrogen-bond acceptors (Lipinski definition) is 5. The van der Waals surface area contributed by atoms with Gasteiger partial charge in [0.1, 0.15) is 0 Å². The first kappa shape index (κ1) is 18.2. The van der Waals surface area contributed by atoms with Gasteiger partial charge >= 0.3 is 5.91 Å². The molecule has 0 saturated heterocycles. The number of aromatic nitrogens is 4. The molecule has 1 amide bonds. The molecule has 0 atom stereocenters. The van der Waals surface area contributed by atoms with E-state index in [0.717, 1.165) is 16.8 Å². The summed E-state index contributed by atoms with van der Waals surface area (Å²) < 4.78 is 1.65. The first-order valence-electron chi connectivity index (χ1n) is 9.05. The molecule has 0 spiro atoms. The zero-order valence-electron chi connectivity index (χ0n) is 15.7. The Hall–Kier alpha value is -4.13. The van der Waals surface area contributed by atoms with Crippen molar-refractivity contribution < 1.29 is 4.79 Å². The van der Waals surface area contributed by atoms with Gasteiger partial charge in [0.2, 0.25) is 5.82 Å². The molecule has 0 saturated carbocycles. The fourth-order valence-electron chi connectivity index (χ4n) is 2.76. The smallest absolute Gasteiger partial charge is 0.264 e. The predicted octanol–water partition coefficient (Wildman–Crippen LogP) is 3.48. The van der Waals surface area contributed by atoms with Gasteiger partial charge in [-0.3, -0.25) is 9.78 Å². The molecular formula is C22H18N6O. The third kappa shape index (κ3) is 4.08. The van der Waals surface area contributed by atoms with E-state index in [1.807, 2.05) is 72.8 Å². The number of benzene rings is 2. The zero-order chi connectivity index (χ0) is 20.1. The molecule has 2 aromatic heterocycles. The SMILES string of the molecule is C/C(=N/NC(=O)c1nc(-c2ccccc2)n(-c2ccccc2)n1)c1cccnc1. The van der Waals surface area contributed by atoms with Crippen LogP contribution >= 0.6 is 0 Å². The Bertz CT molecular complexity index is 1080. The van der Waals surface area contributed by atoms with Gasteiger partial charge in [0.25, 0.3) is 0 Å². The highest BCUT2D eigenvalue weighted by Crippen LogP contribution is 2.20. The Balaban J connectivity index is 1.66. The molecular weight excluding hydrogens is 364 g/mol. The molecule has 2 aromatic carbocycles. The van der Waals surface area contributed by atoms with Crippen LogP contribution in [-0.2, 0) is 0 Å². The monoisotopic (exact) mass is 382 g/mol. The van der Waals surface area contributed by atoms with Gasteiger partial charge in [0, 0.05) is 23.5 Å². The third-order valence-electron chi connectivity index (χ3n) is 4.25. The van der Waals surface area contributed by atoms with Gasteiger partial charge in [-0.05, 0) is 25.1 Å². The van der Waals surface area contributed by atoms with Crippen molar-refractivity contribution in [2.45, 2.75) is 6.92 Å². The number of rotatable bonds is 5. The highest BCUT2D eigenvalue weighted by atomic mass is 16.2. The molecule has 7 nitrogen and oxygen atoms in total. The standard InChI is InChI=1S/C22H18N6O/c1-16(18-11-8-14-23-15-18)25-26-22(29)20-24-21(17-9-4-2-5-10-17)28(27-20)19-12-6-3-7-13-19/h2-15H,1H3,(H,26,29)/b25-16-. The summed E-state index contributed by atoms with van der Waals surface area (Å²) in [6.07, 6.45) is 3.36. The molecule has 0 fully saturated rings. The van der Waals surface area contributed by atoms with Crippen molar-refractivity contribution in [1.29, 1.82) is 0 Å². The Labute approximate surface area is 167 Å². The Morgan fingerprint density at radius 3 is 2.38 bits per heavy atom. The van der Waals surface area contributed by atoms with E-state index < -0.39 is 5.91 Å². The van der Waals surface area contributed by atoms with E-state index in [4.69, 9.17) is 0 Å². The van der Waals surface area contributed by atoms with Crippen LogP contribution in [0, 0.1) is 0 Å². The van der Waals surface area contributed by atoms with E-state index in [1.165, 1.54) is 0 Å². The van der Waals surface area contributed by atoms with Crippen LogP contribution in [0.1, 0.15) is 23.1 Å². The molecule has 0 radical (unpaired) electrons. The van der Waals surface area contributed by atoms with Crippen molar-refractivity contribution >= 4 is 11.6 Å². The minimum atomic E-state index is -0.486. The van der Waals surface area contributed by atoms with Crippen molar-refractivity contribution in [1.82, 2.24) is 25.2 Å². The Morgan fingerprint density at radius 1 is 0.966 bits per heavy atom. The second-order valence-corrected chi connectivity index (χ2v) is 6.25. The molecule has 2 heterocycles. The summed E-state index contributed by atoms with van der Waals surface area (Å²) in [6, 6.07) is 22.9. The molecule has 1 N–H and O–H groups in total. The van der Waals surface area contributed by atoms with Gasteiger partial charge in [-0.15, -0.1) is 5.10 Å². The molecule has 0 aliphatic carbocycles. The summed E-state index contributed by atoms with van der Waals surface area (Å²) in [6.45, 7) is 1.79. The quantitative estimate of drug-likeness (QED) is 0.423. The zero-order valence-corrected chi connectivity index (χ0v) is 15.7. The Kier molecular flexibility index (Phi) is 5.20. The second kappa shape index (κ2) is 8.26. The summed E-state index contributed by atoms with van der Waals surface area (Å²) in [5, 5.41) is 8.56. The predicted molar refractivity (Wildman–Crippen MR) is 111 cm³/mol. The van der Waals surface area contributed by atoms with Gasteiger partial charge in [-0.2, -0.15) is 5.10 Å². The van der Waals surface area contributed by atoms with Gasteiger partial charge in [0.05, 0.1) is 11.4 Å². The van der Waals surface area contributed by atoms with E-state index in [-0.39, 0.29) is 5.82 Å². The van der Waals surface area contributed by atoms with E-state index >= 15 is 0 Å². The molecule has 7 heteroatoms. The number of amides is 1. The van der Waals surface area contributed by atoms with Crippen LogP contribution in [0.25, 0.3) is 17.1 Å². The van der Waals surface area contributed by atoms with Gasteiger partial charge in [0.15, 0.2) is 5.82 Å². The molecule has 29 heavy (non-hydrogen) atoms. The number of hydrogen-bond donors (Lipinski definition) is 1. The van der Waals surface area contributed by atoms with Gasteiger partial charge < -0.3 is 0 Å². The number of para-hydroxylation sites is 1. The topological polar surface area (TPSA) is 85.1 Å². The van der Waals surface area contributed by atoms with Crippen molar-refractivity contribution in [3.63, 3.8) is 0 Å². The first-order valence-corrected chi connectivity index (χ1v) is 9.05. The van der Waals surface area contributed by atoms with E-state index in [2.05, 4.69) is 25.6 Å². The van der Waals surface area contributed by atoms with Gasteiger partial charge in [-0.1, -0.05) is 54.6 Å². The lowest BCUT2D eigenvalue weighted by Gasteiger charge is -2.05. The maximum atomic E-state index is 12.6. The lowest BCUT2D eigenvalue weighted by Crippen LogP contribution is -2.21. The number of pyridine rings is 1. The maximum Gasteiger partial charge on any atom is 0.311 e. The minimum absolute atomic E-state index is 0.0374. The minimum Gasteiger partial charge on any atom is -0.264 e. The van der Waals surface area contributed by atoms with Crippen LogP contribution in [0.5, 0.6) is 0 Å². The van der Waals surface area contributed by atoms with Crippen LogP contribution in [0.3, 0.4) is 0 Å². The maximum absolute atomic E-state index is 12.6. The van der Waals surface area contributed by atoms with Crippen LogP contribution in [0.15, 0.2) is 90.3 Å². The largest absolute Gasteiger partial charge is 0.311 e. The average molecular weight is 382 g/mol. The number of nitrogens with zero attached hydrogens (tertiary/aromatic N) is 5. The lowest BCUT2D eigenvalue weighted by molar-refractivity contribution is 0.0944. The third-order valence-corrected chi connectivity index (χ3v) is 4.25. The molecule has 0 aliphatic heterocycles. The fraction of sp³-hybridized carbons (Fsp3) is 0.0455. The van der Waals surface area contributed by atoms with Crippen LogP contribution in [0.2, 0.25) is 0 Å². The molecule has 142 valence electrons. The van der Waals surface area contributed by atoms with E-state index in [9.17, 15) is 4.79 Å². The highest BCUT2D eigenvalue weighted by Gasteiger charge is 2.18. The number of hydrazone groups is 1. The second-order valence-electron chi connectivity index (χ2n) is 6.25. The van der Waals surface area contributed by atoms with Crippen molar-refractivity contribution in [2.24, 2.45) is 5.10 Å². The van der Waals surface area contributed by atoms with E-state index in [0.29, 0.717) is 11.5 Å².